The van der Waals surface area contributed by atoms with Crippen LogP contribution in [0.25, 0.3) is 11.1 Å². The van der Waals surface area contributed by atoms with Gasteiger partial charge in [-0.15, -0.1) is 0 Å². The topological polar surface area (TPSA) is 86.7 Å². The van der Waals surface area contributed by atoms with Crippen LogP contribution >= 0.6 is 31.9 Å². The number of rotatable bonds is 19. The summed E-state index contributed by atoms with van der Waals surface area (Å²) in [4.78, 5) is -0.180. The summed E-state index contributed by atoms with van der Waals surface area (Å²) in [7, 11) is -8.28. The summed E-state index contributed by atoms with van der Waals surface area (Å²) in [6, 6.07) is 9.42. The molecule has 214 valence electrons. The van der Waals surface area contributed by atoms with Crippen LogP contribution < -0.4 is 0 Å². The molecule has 0 amide bonds. The second-order valence-electron chi connectivity index (χ2n) is 9.37. The Hall–Kier alpha value is -0.780. The van der Waals surface area contributed by atoms with Gasteiger partial charge in [-0.05, 0) is 37.1 Å². The van der Waals surface area contributed by atoms with Crippen molar-refractivity contribution in [2.24, 2.45) is 0 Å². The van der Waals surface area contributed by atoms with Crippen molar-refractivity contribution in [3.05, 3.63) is 45.3 Å². The molecule has 10 heteroatoms. The van der Waals surface area contributed by atoms with Crippen molar-refractivity contribution in [2.75, 3.05) is 13.2 Å². The predicted octanol–water partition coefficient (Wildman–Crippen LogP) is 9.01. The summed E-state index contributed by atoms with van der Waals surface area (Å²) in [5, 5.41) is 0. The SMILES string of the molecule is CCCCCCCCOS(=O)(=O)c1cc(Br)ccc1-c1ccc(Br)cc1S(=O)(=O)OCCCCCCCC. The van der Waals surface area contributed by atoms with Crippen molar-refractivity contribution in [2.45, 2.75) is 101 Å². The van der Waals surface area contributed by atoms with Crippen LogP contribution in [0.5, 0.6) is 0 Å². The highest BCUT2D eigenvalue weighted by atomic mass is 79.9. The maximum absolute atomic E-state index is 13.2. The molecule has 0 bridgehead atoms. The van der Waals surface area contributed by atoms with Crippen LogP contribution in [0.2, 0.25) is 0 Å². The van der Waals surface area contributed by atoms with Gasteiger partial charge < -0.3 is 0 Å². The number of benzene rings is 2. The Morgan fingerprint density at radius 1 is 0.553 bits per heavy atom. The van der Waals surface area contributed by atoms with E-state index < -0.39 is 20.2 Å². The van der Waals surface area contributed by atoms with Gasteiger partial charge in [0.2, 0.25) is 0 Å². The number of unbranched alkanes of at least 4 members (excludes halogenated alkanes) is 10. The fourth-order valence-corrected chi connectivity index (χ4v) is 7.47. The van der Waals surface area contributed by atoms with Crippen LogP contribution in [0.4, 0.5) is 0 Å². The molecule has 0 saturated carbocycles. The number of hydrogen-bond donors (Lipinski definition) is 0. The Balaban J connectivity index is 2.25. The van der Waals surface area contributed by atoms with Crippen molar-refractivity contribution in [3.63, 3.8) is 0 Å². The Morgan fingerprint density at radius 3 is 1.26 bits per heavy atom. The van der Waals surface area contributed by atoms with E-state index in [1.807, 2.05) is 0 Å². The zero-order chi connectivity index (χ0) is 28.0. The molecule has 0 unspecified atom stereocenters. The molecule has 0 saturated heterocycles. The molecule has 0 radical (unpaired) electrons. The maximum atomic E-state index is 13.2. The zero-order valence-electron chi connectivity index (χ0n) is 22.4. The van der Waals surface area contributed by atoms with Gasteiger partial charge in [0, 0.05) is 20.1 Å². The van der Waals surface area contributed by atoms with E-state index in [9.17, 15) is 16.8 Å². The van der Waals surface area contributed by atoms with E-state index in [1.165, 1.54) is 25.0 Å². The van der Waals surface area contributed by atoms with Crippen molar-refractivity contribution in [1.29, 1.82) is 0 Å². The lowest BCUT2D eigenvalue weighted by atomic mass is 10.1. The van der Waals surface area contributed by atoms with Crippen LogP contribution in [0.15, 0.2) is 55.1 Å². The molecule has 0 heterocycles. The molecule has 2 aromatic rings. The molecule has 0 aromatic heterocycles. The first-order valence-corrected chi connectivity index (χ1v) is 17.9. The smallest absolute Gasteiger partial charge is 0.266 e. The number of halogens is 2. The van der Waals surface area contributed by atoms with Gasteiger partial charge in [-0.3, -0.25) is 8.37 Å². The van der Waals surface area contributed by atoms with E-state index >= 15 is 0 Å². The molecule has 0 atom stereocenters. The Morgan fingerprint density at radius 2 is 0.895 bits per heavy atom. The minimum atomic E-state index is -4.14. The zero-order valence-corrected chi connectivity index (χ0v) is 27.2. The van der Waals surface area contributed by atoms with Crippen molar-refractivity contribution >= 4 is 52.1 Å². The second kappa shape index (κ2) is 17.1. The Bertz CT molecular complexity index is 1120. The molecular formula is C28H40Br2O6S2. The molecule has 0 aliphatic carbocycles. The van der Waals surface area contributed by atoms with Gasteiger partial charge in [0.05, 0.1) is 13.2 Å². The fraction of sp³-hybridized carbons (Fsp3) is 0.571. The van der Waals surface area contributed by atoms with Gasteiger partial charge in [0.15, 0.2) is 0 Å². The van der Waals surface area contributed by atoms with Gasteiger partial charge >= 0.3 is 0 Å². The summed E-state index contributed by atoms with van der Waals surface area (Å²) in [5.41, 5.74) is 0.482. The summed E-state index contributed by atoms with van der Waals surface area (Å²) in [6.07, 6.45) is 12.0. The molecule has 0 fully saturated rings. The predicted molar refractivity (Wildman–Crippen MR) is 160 cm³/mol. The van der Waals surface area contributed by atoms with Gasteiger partial charge in [-0.25, -0.2) is 0 Å². The second-order valence-corrected chi connectivity index (χ2v) is 14.4. The fourth-order valence-electron chi connectivity index (χ4n) is 4.08. The molecule has 0 N–H and O–H groups in total. The highest BCUT2D eigenvalue weighted by molar-refractivity contribution is 9.10. The van der Waals surface area contributed by atoms with Gasteiger partial charge in [0.25, 0.3) is 20.2 Å². The average molecular weight is 697 g/mol. The van der Waals surface area contributed by atoms with E-state index in [2.05, 4.69) is 45.7 Å². The molecule has 2 aromatic carbocycles. The van der Waals surface area contributed by atoms with Crippen LogP contribution in [-0.2, 0) is 28.6 Å². The van der Waals surface area contributed by atoms with Gasteiger partial charge in [-0.1, -0.05) is 122 Å². The third kappa shape index (κ3) is 11.0. The summed E-state index contributed by atoms with van der Waals surface area (Å²) in [5.74, 6) is 0. The normalized spacial score (nSPS) is 12.2. The maximum Gasteiger partial charge on any atom is 0.297 e. The highest BCUT2D eigenvalue weighted by Gasteiger charge is 2.27. The van der Waals surface area contributed by atoms with Crippen molar-refractivity contribution < 1.29 is 25.2 Å². The van der Waals surface area contributed by atoms with Crippen LogP contribution in [0.1, 0.15) is 90.9 Å². The van der Waals surface area contributed by atoms with E-state index in [4.69, 9.17) is 8.37 Å². The first kappa shape index (κ1) is 33.4. The lowest BCUT2D eigenvalue weighted by Crippen LogP contribution is -2.12. The molecule has 38 heavy (non-hydrogen) atoms. The molecule has 0 aliphatic heterocycles. The van der Waals surface area contributed by atoms with E-state index in [0.29, 0.717) is 21.8 Å². The monoisotopic (exact) mass is 694 g/mol. The minimum absolute atomic E-state index is 0.0767. The number of hydrogen-bond acceptors (Lipinski definition) is 6. The Labute approximate surface area is 246 Å². The van der Waals surface area contributed by atoms with Crippen LogP contribution in [0, 0.1) is 0 Å². The average Bonchev–Trinajstić information content (AvgIpc) is 2.87. The minimum Gasteiger partial charge on any atom is -0.266 e. The molecule has 0 aliphatic rings. The molecule has 0 spiro atoms. The summed E-state index contributed by atoms with van der Waals surface area (Å²) >= 11 is 6.68. The van der Waals surface area contributed by atoms with Gasteiger partial charge in [0.1, 0.15) is 9.79 Å². The third-order valence-electron chi connectivity index (χ3n) is 6.19. The van der Waals surface area contributed by atoms with Crippen LogP contribution in [0.3, 0.4) is 0 Å². The largest absolute Gasteiger partial charge is 0.297 e. The highest BCUT2D eigenvalue weighted by Crippen LogP contribution is 2.37. The van der Waals surface area contributed by atoms with Gasteiger partial charge in [-0.2, -0.15) is 16.8 Å². The summed E-state index contributed by atoms with van der Waals surface area (Å²) < 4.78 is 64.7. The summed E-state index contributed by atoms with van der Waals surface area (Å²) in [6.45, 7) is 4.45. The molecule has 2 rings (SSSR count). The van der Waals surface area contributed by atoms with E-state index in [1.54, 1.807) is 24.3 Å². The molecule has 6 nitrogen and oxygen atoms in total. The quantitative estimate of drug-likeness (QED) is 0.108. The van der Waals surface area contributed by atoms with E-state index in [0.717, 1.165) is 51.4 Å². The first-order chi connectivity index (χ1) is 18.1. The lowest BCUT2D eigenvalue weighted by Gasteiger charge is -2.16. The third-order valence-corrected chi connectivity index (χ3v) is 9.88. The first-order valence-electron chi connectivity index (χ1n) is 13.5. The lowest BCUT2D eigenvalue weighted by molar-refractivity contribution is 0.305. The standard InChI is InChI=1S/C28H40Br2O6S2/c1-3-5-7-9-11-13-19-35-37(31,32)27-21-23(29)15-17-25(27)26-18-16-24(30)22-28(26)38(33,34)36-20-14-12-10-8-6-4-2/h15-18,21-22H,3-14,19-20H2,1-2H3. The van der Waals surface area contributed by atoms with E-state index in [-0.39, 0.29) is 34.1 Å². The van der Waals surface area contributed by atoms with Crippen molar-refractivity contribution in [3.8, 4) is 11.1 Å². The Kier molecular flexibility index (Phi) is 15.1. The molecular weight excluding hydrogens is 656 g/mol. The van der Waals surface area contributed by atoms with Crippen LogP contribution in [-0.4, -0.2) is 30.0 Å². The van der Waals surface area contributed by atoms with Crippen molar-refractivity contribution in [1.82, 2.24) is 0 Å².